The molecular formula is C13H14N2O2. The fourth-order valence-corrected chi connectivity index (χ4v) is 1.97. The van der Waals surface area contributed by atoms with Crippen LogP contribution >= 0.6 is 0 Å². The third-order valence-electron chi connectivity index (χ3n) is 2.78. The molecule has 1 heterocycles. The molecule has 0 aliphatic rings. The van der Waals surface area contributed by atoms with Crippen molar-refractivity contribution in [3.8, 4) is 0 Å². The minimum absolute atomic E-state index is 0.449. The summed E-state index contributed by atoms with van der Waals surface area (Å²) in [5, 5.41) is 9.51. The lowest BCUT2D eigenvalue weighted by atomic mass is 10.0. The summed E-state index contributed by atoms with van der Waals surface area (Å²) in [6, 6.07) is 7.40. The van der Waals surface area contributed by atoms with Crippen molar-refractivity contribution in [2.75, 3.05) is 0 Å². The van der Waals surface area contributed by atoms with Crippen LogP contribution in [0.4, 0.5) is 0 Å². The van der Waals surface area contributed by atoms with Gasteiger partial charge in [0.05, 0.1) is 11.1 Å². The first kappa shape index (κ1) is 11.5. The van der Waals surface area contributed by atoms with E-state index in [0.717, 1.165) is 28.6 Å². The fourth-order valence-electron chi connectivity index (χ4n) is 1.97. The molecule has 4 heteroatoms. The Morgan fingerprint density at radius 3 is 2.88 bits per heavy atom. The normalized spacial score (nSPS) is 10.5. The first-order chi connectivity index (χ1) is 8.17. The van der Waals surface area contributed by atoms with Crippen LogP contribution in [0, 0.1) is 6.92 Å². The number of nitrogens with zero attached hydrogens (tertiary/aromatic N) is 1. The summed E-state index contributed by atoms with van der Waals surface area (Å²) in [6.07, 6.45) is 0.855. The Kier molecular flexibility index (Phi) is 3.06. The van der Waals surface area contributed by atoms with Gasteiger partial charge in [0.2, 0.25) is 0 Å². The van der Waals surface area contributed by atoms with Gasteiger partial charge in [-0.15, -0.1) is 0 Å². The van der Waals surface area contributed by atoms with Crippen LogP contribution in [0.2, 0.25) is 0 Å². The van der Waals surface area contributed by atoms with Gasteiger partial charge in [-0.25, -0.2) is 5.48 Å². The largest absolute Gasteiger partial charge is 0.288 e. The van der Waals surface area contributed by atoms with Crippen LogP contribution in [0.15, 0.2) is 24.3 Å². The highest BCUT2D eigenvalue weighted by Gasteiger charge is 2.12. The number of benzene rings is 1. The van der Waals surface area contributed by atoms with Crippen molar-refractivity contribution in [2.45, 2.75) is 20.3 Å². The van der Waals surface area contributed by atoms with E-state index in [1.807, 2.05) is 32.0 Å². The topological polar surface area (TPSA) is 62.2 Å². The van der Waals surface area contributed by atoms with Gasteiger partial charge in [-0.3, -0.25) is 15.0 Å². The molecule has 0 radical (unpaired) electrons. The van der Waals surface area contributed by atoms with Gasteiger partial charge in [0.1, 0.15) is 0 Å². The molecule has 2 N–H and O–H groups in total. The van der Waals surface area contributed by atoms with Crippen LogP contribution in [0.3, 0.4) is 0 Å². The number of fused-ring (bicyclic) bond motifs is 1. The standard InChI is InChI=1S/C13H14N2O2/c1-3-9-5-4-6-10-11(13(16)15-17)7-8(2)14-12(9)10/h4-7,17H,3H2,1-2H3,(H,15,16). The van der Waals surface area contributed by atoms with Gasteiger partial charge in [0.15, 0.2) is 0 Å². The van der Waals surface area contributed by atoms with Crippen molar-refractivity contribution in [1.29, 1.82) is 0 Å². The molecule has 0 saturated carbocycles. The van der Waals surface area contributed by atoms with Crippen molar-refractivity contribution in [3.63, 3.8) is 0 Å². The zero-order chi connectivity index (χ0) is 12.4. The van der Waals surface area contributed by atoms with E-state index in [-0.39, 0.29) is 0 Å². The van der Waals surface area contributed by atoms with Crippen LogP contribution in [0.25, 0.3) is 10.9 Å². The molecule has 0 unspecified atom stereocenters. The number of nitrogens with one attached hydrogen (secondary N) is 1. The molecule has 0 fully saturated rings. The number of carbonyl (C=O) groups is 1. The quantitative estimate of drug-likeness (QED) is 0.614. The van der Waals surface area contributed by atoms with E-state index >= 15 is 0 Å². The summed E-state index contributed by atoms with van der Waals surface area (Å²) in [5.74, 6) is -0.506. The Balaban J connectivity index is 2.81. The number of hydrogen-bond donors (Lipinski definition) is 2. The Morgan fingerprint density at radius 2 is 2.24 bits per heavy atom. The number of hydrogen-bond acceptors (Lipinski definition) is 3. The van der Waals surface area contributed by atoms with Crippen LogP contribution in [-0.2, 0) is 6.42 Å². The second kappa shape index (κ2) is 4.51. The summed E-state index contributed by atoms with van der Waals surface area (Å²) in [4.78, 5) is 16.1. The van der Waals surface area contributed by atoms with E-state index in [0.29, 0.717) is 5.56 Å². The number of aryl methyl sites for hydroxylation is 2. The number of aromatic nitrogens is 1. The van der Waals surface area contributed by atoms with Crippen molar-refractivity contribution in [1.82, 2.24) is 10.5 Å². The van der Waals surface area contributed by atoms with Gasteiger partial charge in [0.25, 0.3) is 5.91 Å². The van der Waals surface area contributed by atoms with Gasteiger partial charge in [0, 0.05) is 11.1 Å². The predicted molar refractivity (Wildman–Crippen MR) is 65.1 cm³/mol. The summed E-state index contributed by atoms with van der Waals surface area (Å²) < 4.78 is 0. The molecule has 1 aromatic heterocycles. The Bertz CT molecular complexity index is 579. The maximum Gasteiger partial charge on any atom is 0.275 e. The van der Waals surface area contributed by atoms with Crippen molar-refractivity contribution < 1.29 is 10.0 Å². The lowest BCUT2D eigenvalue weighted by Gasteiger charge is -2.09. The average Bonchev–Trinajstić information content (AvgIpc) is 2.36. The average molecular weight is 230 g/mol. The second-order valence-corrected chi connectivity index (χ2v) is 3.92. The highest BCUT2D eigenvalue weighted by Crippen LogP contribution is 2.22. The fraction of sp³-hybridized carbons (Fsp3) is 0.231. The predicted octanol–water partition coefficient (Wildman–Crippen LogP) is 2.22. The highest BCUT2D eigenvalue weighted by atomic mass is 16.5. The van der Waals surface area contributed by atoms with Crippen molar-refractivity contribution in [2.24, 2.45) is 0 Å². The molecule has 4 nitrogen and oxygen atoms in total. The van der Waals surface area contributed by atoms with Crippen molar-refractivity contribution >= 4 is 16.8 Å². The maximum absolute atomic E-state index is 11.6. The van der Waals surface area contributed by atoms with E-state index in [4.69, 9.17) is 5.21 Å². The third-order valence-corrected chi connectivity index (χ3v) is 2.78. The zero-order valence-corrected chi connectivity index (χ0v) is 9.82. The number of para-hydroxylation sites is 1. The molecule has 0 bridgehead atoms. The molecule has 0 saturated heterocycles. The number of pyridine rings is 1. The molecule has 0 aliphatic carbocycles. The van der Waals surface area contributed by atoms with Gasteiger partial charge < -0.3 is 0 Å². The number of hydroxylamine groups is 1. The SMILES string of the molecule is CCc1cccc2c(C(=O)NO)cc(C)nc12. The molecule has 1 aromatic carbocycles. The molecule has 2 aromatic rings. The zero-order valence-electron chi connectivity index (χ0n) is 9.82. The first-order valence-corrected chi connectivity index (χ1v) is 5.51. The van der Waals surface area contributed by atoms with E-state index in [2.05, 4.69) is 4.98 Å². The van der Waals surface area contributed by atoms with Gasteiger partial charge in [-0.2, -0.15) is 0 Å². The lowest BCUT2D eigenvalue weighted by Crippen LogP contribution is -2.19. The number of carbonyl (C=O) groups excluding carboxylic acids is 1. The molecule has 0 spiro atoms. The van der Waals surface area contributed by atoms with Crippen LogP contribution < -0.4 is 5.48 Å². The monoisotopic (exact) mass is 230 g/mol. The van der Waals surface area contributed by atoms with Crippen molar-refractivity contribution in [3.05, 3.63) is 41.1 Å². The third kappa shape index (κ3) is 1.99. The molecule has 1 amide bonds. The van der Waals surface area contributed by atoms with Crippen LogP contribution in [0.1, 0.15) is 28.5 Å². The Labute approximate surface area is 99.3 Å². The Hall–Kier alpha value is -1.94. The smallest absolute Gasteiger partial charge is 0.275 e. The minimum atomic E-state index is -0.506. The Morgan fingerprint density at radius 1 is 1.47 bits per heavy atom. The summed E-state index contributed by atoms with van der Waals surface area (Å²) >= 11 is 0. The summed E-state index contributed by atoms with van der Waals surface area (Å²) in [6.45, 7) is 3.88. The van der Waals surface area contributed by atoms with Gasteiger partial charge >= 0.3 is 0 Å². The number of rotatable bonds is 2. The van der Waals surface area contributed by atoms with E-state index in [9.17, 15) is 4.79 Å². The molecular weight excluding hydrogens is 216 g/mol. The number of amides is 1. The maximum atomic E-state index is 11.6. The van der Waals surface area contributed by atoms with Gasteiger partial charge in [-0.05, 0) is 25.0 Å². The molecule has 0 aliphatic heterocycles. The van der Waals surface area contributed by atoms with Gasteiger partial charge in [-0.1, -0.05) is 25.1 Å². The minimum Gasteiger partial charge on any atom is -0.288 e. The summed E-state index contributed by atoms with van der Waals surface area (Å²) in [5.41, 5.74) is 4.80. The molecule has 0 atom stereocenters. The molecule has 2 rings (SSSR count). The second-order valence-electron chi connectivity index (χ2n) is 3.92. The van der Waals surface area contributed by atoms with E-state index < -0.39 is 5.91 Å². The molecule has 88 valence electrons. The summed E-state index contributed by atoms with van der Waals surface area (Å²) in [7, 11) is 0. The van der Waals surface area contributed by atoms with E-state index in [1.54, 1.807) is 11.5 Å². The van der Waals surface area contributed by atoms with Crippen LogP contribution in [-0.4, -0.2) is 16.1 Å². The highest BCUT2D eigenvalue weighted by molar-refractivity contribution is 6.06. The van der Waals surface area contributed by atoms with E-state index in [1.165, 1.54) is 0 Å². The van der Waals surface area contributed by atoms with Crippen LogP contribution in [0.5, 0.6) is 0 Å². The lowest BCUT2D eigenvalue weighted by molar-refractivity contribution is 0.0708. The molecule has 17 heavy (non-hydrogen) atoms. The first-order valence-electron chi connectivity index (χ1n) is 5.51.